The number of halogens is 2. The Balaban J connectivity index is 3.78. The summed E-state index contributed by atoms with van der Waals surface area (Å²) in [6.07, 6.45) is -1.86. The molecule has 0 amide bonds. The Morgan fingerprint density at radius 2 is 2.08 bits per heavy atom. The first-order valence-electron chi connectivity index (χ1n) is 3.05. The molecule has 0 aliphatic rings. The van der Waals surface area contributed by atoms with Crippen molar-refractivity contribution in [2.75, 3.05) is 0 Å². The first-order chi connectivity index (χ1) is 5.48. The molecule has 0 aromatic heterocycles. The monoisotopic (exact) mass is 181 g/mol. The molecule has 0 unspecified atom stereocenters. The van der Waals surface area contributed by atoms with Crippen molar-refractivity contribution in [3.63, 3.8) is 0 Å². The first kappa shape index (κ1) is 10.8. The normalized spacial score (nSPS) is 11.7. The van der Waals surface area contributed by atoms with Crippen LogP contribution in [0, 0.1) is 5.41 Å². The van der Waals surface area contributed by atoms with Gasteiger partial charge in [0.25, 0.3) is 0 Å². The van der Waals surface area contributed by atoms with Crippen molar-refractivity contribution in [1.29, 1.82) is 5.41 Å². The van der Waals surface area contributed by atoms with Crippen molar-refractivity contribution in [3.8, 4) is 0 Å². The predicted octanol–water partition coefficient (Wildman–Crippen LogP) is 2.03. The number of nitrogens with one attached hydrogen (secondary N) is 1. The zero-order valence-corrected chi connectivity index (χ0v) is 6.64. The summed E-state index contributed by atoms with van der Waals surface area (Å²) in [6.45, 7) is 2.64. The molecule has 70 valence electrons. The highest BCUT2D eigenvalue weighted by Gasteiger charge is 2.35. The summed E-state index contributed by atoms with van der Waals surface area (Å²) in [7, 11) is 0. The van der Waals surface area contributed by atoms with Gasteiger partial charge in [-0.3, -0.25) is 5.41 Å². The molecule has 0 saturated heterocycles. The van der Waals surface area contributed by atoms with Gasteiger partial charge in [0.15, 0.2) is 0 Å². The minimum atomic E-state index is -3.87. The van der Waals surface area contributed by atoms with E-state index in [2.05, 4.69) is 14.5 Å². The fourth-order valence-electron chi connectivity index (χ4n) is 0.278. The van der Waals surface area contributed by atoms with Crippen LogP contribution in [0.5, 0.6) is 0 Å². The number of allylic oxidation sites excluding steroid dienone is 1. The van der Waals surface area contributed by atoms with Crippen LogP contribution in [0.2, 0.25) is 0 Å². The van der Waals surface area contributed by atoms with Crippen molar-refractivity contribution in [1.82, 2.24) is 0 Å². The molecule has 0 saturated carbocycles. The van der Waals surface area contributed by atoms with Crippen LogP contribution in [-0.2, 0) is 14.5 Å². The molecule has 0 aromatic rings. The second-order valence-electron chi connectivity index (χ2n) is 1.77. The topological polar surface area (TPSA) is 51.5 Å². The average molecular weight is 181 g/mol. The lowest BCUT2D eigenvalue weighted by Crippen LogP contribution is -2.23. The Morgan fingerprint density at radius 1 is 1.50 bits per heavy atom. The molecule has 0 rings (SSSR count). The largest absolute Gasteiger partial charge is 0.570 e. The van der Waals surface area contributed by atoms with Gasteiger partial charge in [0.05, 0.1) is 6.26 Å². The third kappa shape index (κ3) is 5.60. The van der Waals surface area contributed by atoms with E-state index in [0.29, 0.717) is 0 Å². The highest BCUT2D eigenvalue weighted by Crippen LogP contribution is 2.17. The van der Waals surface area contributed by atoms with Gasteiger partial charge in [-0.1, -0.05) is 11.0 Å². The summed E-state index contributed by atoms with van der Waals surface area (Å²) >= 11 is 0. The molecule has 4 nitrogen and oxygen atoms in total. The van der Waals surface area contributed by atoms with E-state index in [-0.39, 0.29) is 0 Å². The van der Waals surface area contributed by atoms with E-state index in [1.165, 1.54) is 13.0 Å². The number of alkyl halides is 2. The van der Waals surface area contributed by atoms with Gasteiger partial charge < -0.3 is 9.62 Å². The number of rotatable bonds is 4. The molecule has 0 radical (unpaired) electrons. The molecular formula is C6H9F2NO3. The zero-order chi connectivity index (χ0) is 9.61. The summed E-state index contributed by atoms with van der Waals surface area (Å²) in [5.41, 5.74) is 0. The molecular weight excluding hydrogens is 172 g/mol. The number of ether oxygens (including phenoxy) is 1. The molecule has 0 aliphatic heterocycles. The standard InChI is InChI=1S/C6H9F2NO3/c1-3-4-10-6(7,8)12-11-5(2)9/h3-4,9H,1-2H3/b4-3+,9-5?. The lowest BCUT2D eigenvalue weighted by atomic mass is 10.7. The van der Waals surface area contributed by atoms with Crippen LogP contribution >= 0.6 is 0 Å². The highest BCUT2D eigenvalue weighted by atomic mass is 19.3. The van der Waals surface area contributed by atoms with E-state index in [4.69, 9.17) is 5.41 Å². The van der Waals surface area contributed by atoms with Crippen LogP contribution in [-0.4, -0.2) is 12.2 Å². The Bertz CT molecular complexity index is 182. The molecule has 6 heteroatoms. The summed E-state index contributed by atoms with van der Waals surface area (Å²) < 4.78 is 28.3. The first-order valence-corrected chi connectivity index (χ1v) is 3.05. The minimum Gasteiger partial charge on any atom is -0.415 e. The lowest BCUT2D eigenvalue weighted by Gasteiger charge is -2.12. The number of hydrogen-bond acceptors (Lipinski definition) is 4. The second-order valence-corrected chi connectivity index (χ2v) is 1.77. The summed E-state index contributed by atoms with van der Waals surface area (Å²) in [6, 6.07) is 0. The molecule has 0 aromatic carbocycles. The molecule has 0 heterocycles. The van der Waals surface area contributed by atoms with Crippen molar-refractivity contribution >= 4 is 5.90 Å². The van der Waals surface area contributed by atoms with Gasteiger partial charge in [0.2, 0.25) is 5.90 Å². The van der Waals surface area contributed by atoms with Gasteiger partial charge >= 0.3 is 6.29 Å². The maximum absolute atomic E-state index is 12.3. The fraction of sp³-hybridized carbons (Fsp3) is 0.500. The average Bonchev–Trinajstić information content (AvgIpc) is 1.98. The molecule has 12 heavy (non-hydrogen) atoms. The molecule has 0 fully saturated rings. The van der Waals surface area contributed by atoms with Crippen molar-refractivity contribution < 1.29 is 23.3 Å². The Morgan fingerprint density at radius 3 is 2.50 bits per heavy atom. The summed E-state index contributed by atoms with van der Waals surface area (Å²) in [5, 5.41) is 6.60. The van der Waals surface area contributed by atoms with Gasteiger partial charge in [-0.15, -0.1) is 8.78 Å². The maximum atomic E-state index is 12.3. The van der Waals surface area contributed by atoms with Gasteiger partial charge in [-0.05, 0) is 6.92 Å². The van der Waals surface area contributed by atoms with E-state index in [1.807, 2.05) is 0 Å². The molecule has 1 N–H and O–H groups in total. The van der Waals surface area contributed by atoms with E-state index in [1.54, 1.807) is 0 Å². The van der Waals surface area contributed by atoms with Crippen LogP contribution in [0.1, 0.15) is 13.8 Å². The Hall–Kier alpha value is -1.17. The van der Waals surface area contributed by atoms with E-state index in [0.717, 1.165) is 13.2 Å². The smallest absolute Gasteiger partial charge is 0.415 e. The van der Waals surface area contributed by atoms with Crippen LogP contribution in [0.3, 0.4) is 0 Å². The van der Waals surface area contributed by atoms with E-state index >= 15 is 0 Å². The van der Waals surface area contributed by atoms with Gasteiger partial charge in [-0.2, -0.15) is 0 Å². The minimum absolute atomic E-state index is 0.487. The van der Waals surface area contributed by atoms with Crippen molar-refractivity contribution in [2.45, 2.75) is 20.1 Å². The van der Waals surface area contributed by atoms with Gasteiger partial charge in [0, 0.05) is 6.92 Å². The molecule has 0 atom stereocenters. The van der Waals surface area contributed by atoms with E-state index in [9.17, 15) is 8.78 Å². The molecule has 0 spiro atoms. The van der Waals surface area contributed by atoms with Crippen LogP contribution in [0.15, 0.2) is 12.3 Å². The molecule has 0 bridgehead atoms. The summed E-state index contributed by atoms with van der Waals surface area (Å²) in [4.78, 5) is 7.24. The van der Waals surface area contributed by atoms with Gasteiger partial charge in [-0.25, -0.2) is 0 Å². The van der Waals surface area contributed by atoms with Gasteiger partial charge in [0.1, 0.15) is 0 Å². The van der Waals surface area contributed by atoms with Crippen molar-refractivity contribution in [3.05, 3.63) is 12.3 Å². The Labute approximate surface area is 68.2 Å². The van der Waals surface area contributed by atoms with Crippen molar-refractivity contribution in [2.24, 2.45) is 0 Å². The summed E-state index contributed by atoms with van der Waals surface area (Å²) in [5.74, 6) is -0.487. The third-order valence-electron chi connectivity index (χ3n) is 0.605. The lowest BCUT2D eigenvalue weighted by molar-refractivity contribution is -0.483. The van der Waals surface area contributed by atoms with Crippen LogP contribution in [0.4, 0.5) is 8.78 Å². The second kappa shape index (κ2) is 4.66. The fourth-order valence-corrected chi connectivity index (χ4v) is 0.278. The van der Waals surface area contributed by atoms with Crippen LogP contribution in [0.25, 0.3) is 0 Å². The Kier molecular flexibility index (Phi) is 4.20. The molecule has 0 aliphatic carbocycles. The number of hydrogen-bond donors (Lipinski definition) is 1. The maximum Gasteiger partial charge on any atom is 0.570 e. The highest BCUT2D eigenvalue weighted by molar-refractivity contribution is 5.68. The quantitative estimate of drug-likeness (QED) is 0.180. The third-order valence-corrected chi connectivity index (χ3v) is 0.605. The van der Waals surface area contributed by atoms with E-state index < -0.39 is 12.2 Å². The zero-order valence-electron chi connectivity index (χ0n) is 6.64. The van der Waals surface area contributed by atoms with Crippen LogP contribution < -0.4 is 0 Å². The predicted molar refractivity (Wildman–Crippen MR) is 36.4 cm³/mol. The SMILES string of the molecule is C/C=C/OC(F)(F)OOC(C)=N.